The number of thiazole rings is 1. The minimum Gasteiger partial charge on any atom is -0.345 e. The first kappa shape index (κ1) is 17.4. The molecule has 0 N–H and O–H groups in total. The molecule has 0 atom stereocenters. The molecule has 1 aliphatic heterocycles. The van der Waals surface area contributed by atoms with E-state index in [1.165, 1.54) is 17.4 Å². The van der Waals surface area contributed by atoms with Crippen molar-refractivity contribution in [1.29, 1.82) is 0 Å². The molecule has 2 heterocycles. The number of nitro benzene ring substituents is 1. The standard InChI is InChI=1S/C19H18N4O3S/c1-13-3-2-4-14(11-13)18(24)21-7-9-22(10-8-21)19-20-16-6-5-15(23(25)26)12-17(16)27-19/h2-6,11-12H,7-10H2,1H3. The zero-order chi connectivity index (χ0) is 19.0. The van der Waals surface area contributed by atoms with E-state index in [0.717, 1.165) is 26.5 Å². The molecule has 1 aromatic heterocycles. The number of aryl methyl sites for hydroxylation is 1. The van der Waals surface area contributed by atoms with Crippen LogP contribution in [-0.4, -0.2) is 46.9 Å². The number of anilines is 1. The van der Waals surface area contributed by atoms with E-state index >= 15 is 0 Å². The van der Waals surface area contributed by atoms with Crippen LogP contribution in [0.3, 0.4) is 0 Å². The van der Waals surface area contributed by atoms with Crippen molar-refractivity contribution in [1.82, 2.24) is 9.88 Å². The predicted molar refractivity (Wildman–Crippen MR) is 106 cm³/mol. The molecule has 8 heteroatoms. The van der Waals surface area contributed by atoms with E-state index in [4.69, 9.17) is 0 Å². The Bertz CT molecular complexity index is 1020. The van der Waals surface area contributed by atoms with Gasteiger partial charge < -0.3 is 9.80 Å². The van der Waals surface area contributed by atoms with Crippen LogP contribution in [0.4, 0.5) is 10.8 Å². The van der Waals surface area contributed by atoms with Crippen molar-refractivity contribution in [3.05, 3.63) is 63.7 Å². The van der Waals surface area contributed by atoms with Crippen LogP contribution >= 0.6 is 11.3 Å². The van der Waals surface area contributed by atoms with Crippen molar-refractivity contribution >= 4 is 38.3 Å². The summed E-state index contributed by atoms with van der Waals surface area (Å²) in [5.74, 6) is 0.0540. The fraction of sp³-hybridized carbons (Fsp3) is 0.263. The number of fused-ring (bicyclic) bond motifs is 1. The summed E-state index contributed by atoms with van der Waals surface area (Å²) >= 11 is 1.45. The van der Waals surface area contributed by atoms with Crippen LogP contribution in [0.25, 0.3) is 10.2 Å². The highest BCUT2D eigenvalue weighted by Crippen LogP contribution is 2.31. The second-order valence-electron chi connectivity index (χ2n) is 6.55. The van der Waals surface area contributed by atoms with Crippen molar-refractivity contribution in [3.63, 3.8) is 0 Å². The molecular formula is C19H18N4O3S. The Hall–Kier alpha value is -3.00. The number of aromatic nitrogens is 1. The molecule has 0 radical (unpaired) electrons. The maximum Gasteiger partial charge on any atom is 0.270 e. The average Bonchev–Trinajstić information content (AvgIpc) is 3.11. The first-order chi connectivity index (χ1) is 13.0. The number of hydrogen-bond acceptors (Lipinski definition) is 6. The number of benzene rings is 2. The zero-order valence-electron chi connectivity index (χ0n) is 14.8. The number of carbonyl (C=O) groups is 1. The van der Waals surface area contributed by atoms with E-state index < -0.39 is 4.92 Å². The normalized spacial score (nSPS) is 14.6. The smallest absolute Gasteiger partial charge is 0.270 e. The zero-order valence-corrected chi connectivity index (χ0v) is 15.6. The number of nitrogens with zero attached hydrogens (tertiary/aromatic N) is 4. The molecular weight excluding hydrogens is 364 g/mol. The number of carbonyl (C=O) groups excluding carboxylic acids is 1. The van der Waals surface area contributed by atoms with Gasteiger partial charge in [0.05, 0.1) is 15.1 Å². The van der Waals surface area contributed by atoms with Crippen molar-refractivity contribution in [3.8, 4) is 0 Å². The van der Waals surface area contributed by atoms with Crippen molar-refractivity contribution in [2.45, 2.75) is 6.92 Å². The van der Waals surface area contributed by atoms with Gasteiger partial charge in [-0.15, -0.1) is 0 Å². The third-order valence-corrected chi connectivity index (χ3v) is 5.75. The molecule has 0 bridgehead atoms. The van der Waals surface area contributed by atoms with E-state index in [2.05, 4.69) is 9.88 Å². The fourth-order valence-corrected chi connectivity index (χ4v) is 4.26. The van der Waals surface area contributed by atoms with E-state index in [1.54, 1.807) is 12.1 Å². The Morgan fingerprint density at radius 2 is 1.93 bits per heavy atom. The highest BCUT2D eigenvalue weighted by Gasteiger charge is 2.24. The lowest BCUT2D eigenvalue weighted by Crippen LogP contribution is -2.48. The van der Waals surface area contributed by atoms with Gasteiger partial charge in [-0.1, -0.05) is 29.0 Å². The van der Waals surface area contributed by atoms with E-state index in [-0.39, 0.29) is 11.6 Å². The molecule has 7 nitrogen and oxygen atoms in total. The summed E-state index contributed by atoms with van der Waals surface area (Å²) in [6, 6.07) is 12.4. The molecule has 0 aliphatic carbocycles. The maximum absolute atomic E-state index is 12.7. The second-order valence-corrected chi connectivity index (χ2v) is 7.56. The Labute approximate surface area is 160 Å². The summed E-state index contributed by atoms with van der Waals surface area (Å²) in [4.78, 5) is 31.8. The number of nitro groups is 1. The summed E-state index contributed by atoms with van der Waals surface area (Å²) in [5, 5.41) is 11.8. The maximum atomic E-state index is 12.7. The molecule has 1 fully saturated rings. The van der Waals surface area contributed by atoms with Crippen LogP contribution in [0.1, 0.15) is 15.9 Å². The van der Waals surface area contributed by atoms with Crippen LogP contribution in [0.15, 0.2) is 42.5 Å². The van der Waals surface area contributed by atoms with Gasteiger partial charge in [0, 0.05) is 43.9 Å². The van der Waals surface area contributed by atoms with Gasteiger partial charge in [0.2, 0.25) is 0 Å². The molecule has 4 rings (SSSR count). The highest BCUT2D eigenvalue weighted by atomic mass is 32.1. The lowest BCUT2D eigenvalue weighted by molar-refractivity contribution is -0.384. The van der Waals surface area contributed by atoms with Gasteiger partial charge in [0.15, 0.2) is 5.13 Å². The van der Waals surface area contributed by atoms with Gasteiger partial charge in [0.25, 0.3) is 11.6 Å². The molecule has 138 valence electrons. The topological polar surface area (TPSA) is 79.6 Å². The van der Waals surface area contributed by atoms with Gasteiger partial charge >= 0.3 is 0 Å². The van der Waals surface area contributed by atoms with E-state index in [9.17, 15) is 14.9 Å². The second kappa shape index (κ2) is 6.96. The minimum absolute atomic E-state index is 0.0540. The molecule has 27 heavy (non-hydrogen) atoms. The molecule has 2 aromatic carbocycles. The van der Waals surface area contributed by atoms with Crippen LogP contribution in [-0.2, 0) is 0 Å². The summed E-state index contributed by atoms with van der Waals surface area (Å²) in [5.41, 5.74) is 2.63. The lowest BCUT2D eigenvalue weighted by Gasteiger charge is -2.34. The first-order valence-electron chi connectivity index (χ1n) is 8.67. The van der Waals surface area contributed by atoms with Crippen LogP contribution < -0.4 is 4.90 Å². The SMILES string of the molecule is Cc1cccc(C(=O)N2CCN(c3nc4ccc([N+](=O)[O-])cc4s3)CC2)c1. The molecule has 0 spiro atoms. The Morgan fingerprint density at radius 3 is 2.63 bits per heavy atom. The van der Waals surface area contributed by atoms with Crippen LogP contribution in [0.2, 0.25) is 0 Å². The minimum atomic E-state index is -0.394. The Balaban J connectivity index is 1.46. The van der Waals surface area contributed by atoms with Crippen molar-refractivity contribution < 1.29 is 9.72 Å². The average molecular weight is 382 g/mol. The monoisotopic (exact) mass is 382 g/mol. The fourth-order valence-electron chi connectivity index (χ4n) is 3.21. The van der Waals surface area contributed by atoms with Gasteiger partial charge in [-0.2, -0.15) is 0 Å². The number of rotatable bonds is 3. The molecule has 0 saturated carbocycles. The lowest BCUT2D eigenvalue weighted by atomic mass is 10.1. The largest absolute Gasteiger partial charge is 0.345 e. The molecule has 1 aliphatic rings. The van der Waals surface area contributed by atoms with Gasteiger partial charge in [-0.05, 0) is 25.1 Å². The Morgan fingerprint density at radius 1 is 1.15 bits per heavy atom. The quantitative estimate of drug-likeness (QED) is 0.512. The molecule has 0 unspecified atom stereocenters. The number of amides is 1. The first-order valence-corrected chi connectivity index (χ1v) is 9.49. The highest BCUT2D eigenvalue weighted by molar-refractivity contribution is 7.22. The van der Waals surface area contributed by atoms with Crippen molar-refractivity contribution in [2.75, 3.05) is 31.1 Å². The van der Waals surface area contributed by atoms with Crippen molar-refractivity contribution in [2.24, 2.45) is 0 Å². The summed E-state index contributed by atoms with van der Waals surface area (Å²) in [6.45, 7) is 4.62. The third kappa shape index (κ3) is 3.48. The predicted octanol–water partition coefficient (Wildman–Crippen LogP) is 3.48. The molecule has 3 aromatic rings. The number of hydrogen-bond donors (Lipinski definition) is 0. The van der Waals surface area contributed by atoms with Crippen LogP contribution in [0.5, 0.6) is 0 Å². The van der Waals surface area contributed by atoms with Crippen LogP contribution in [0, 0.1) is 17.0 Å². The van der Waals surface area contributed by atoms with Gasteiger partial charge in [0.1, 0.15) is 0 Å². The number of piperazine rings is 1. The Kier molecular flexibility index (Phi) is 4.49. The van der Waals surface area contributed by atoms with E-state index in [1.807, 2.05) is 36.1 Å². The summed E-state index contributed by atoms with van der Waals surface area (Å²) in [7, 11) is 0. The third-order valence-electron chi connectivity index (χ3n) is 4.67. The van der Waals surface area contributed by atoms with E-state index in [0.29, 0.717) is 26.2 Å². The molecule has 1 amide bonds. The van der Waals surface area contributed by atoms with Gasteiger partial charge in [-0.3, -0.25) is 14.9 Å². The summed E-state index contributed by atoms with van der Waals surface area (Å²) in [6.07, 6.45) is 0. The number of non-ortho nitro benzene ring substituents is 1. The molecule has 1 saturated heterocycles. The van der Waals surface area contributed by atoms with Gasteiger partial charge in [-0.25, -0.2) is 4.98 Å². The summed E-state index contributed by atoms with van der Waals surface area (Å²) < 4.78 is 0.803.